The van der Waals surface area contributed by atoms with Crippen LogP contribution in [0, 0.1) is 12.7 Å². The van der Waals surface area contributed by atoms with Gasteiger partial charge in [-0.2, -0.15) is 0 Å². The Kier molecular flexibility index (Phi) is 4.29. The first-order valence-electron chi connectivity index (χ1n) is 7.54. The first-order chi connectivity index (χ1) is 10.7. The van der Waals surface area contributed by atoms with Gasteiger partial charge in [-0.25, -0.2) is 14.4 Å². The summed E-state index contributed by atoms with van der Waals surface area (Å²) in [5.41, 5.74) is 1.49. The maximum Gasteiger partial charge on any atom is 0.146 e. The number of aryl methyl sites for hydroxylation is 1. The van der Waals surface area contributed by atoms with Crippen LogP contribution < -0.4 is 5.32 Å². The van der Waals surface area contributed by atoms with Crippen LogP contribution in [0.3, 0.4) is 0 Å². The highest BCUT2D eigenvalue weighted by Crippen LogP contribution is 2.32. The van der Waals surface area contributed by atoms with Crippen LogP contribution in [0.15, 0.2) is 24.4 Å². The summed E-state index contributed by atoms with van der Waals surface area (Å²) in [6.45, 7) is 3.33. The molecule has 1 atom stereocenters. The van der Waals surface area contributed by atoms with E-state index in [0.29, 0.717) is 12.2 Å². The van der Waals surface area contributed by atoms with Crippen LogP contribution in [0.25, 0.3) is 0 Å². The standard InChI is InChI=1S/C16H20FN5/c1-11-20-13(9-16(18-2)21-11)15-6-4-8-22(15)10-14-12(17)5-3-7-19-14/h3,5,7,9,15H,4,6,8,10H2,1-2H3,(H,18,20,21). The summed E-state index contributed by atoms with van der Waals surface area (Å²) < 4.78 is 13.8. The van der Waals surface area contributed by atoms with Gasteiger partial charge in [-0.3, -0.25) is 9.88 Å². The number of likely N-dealkylation sites (tertiary alicyclic amines) is 1. The van der Waals surface area contributed by atoms with Gasteiger partial charge >= 0.3 is 0 Å². The molecule has 1 unspecified atom stereocenters. The van der Waals surface area contributed by atoms with Gasteiger partial charge < -0.3 is 5.32 Å². The van der Waals surface area contributed by atoms with Gasteiger partial charge in [0, 0.05) is 25.9 Å². The van der Waals surface area contributed by atoms with Crippen LogP contribution in [0.2, 0.25) is 0 Å². The molecule has 2 aromatic heterocycles. The molecule has 0 amide bonds. The van der Waals surface area contributed by atoms with Crippen LogP contribution in [-0.4, -0.2) is 33.4 Å². The predicted molar refractivity (Wildman–Crippen MR) is 82.9 cm³/mol. The summed E-state index contributed by atoms with van der Waals surface area (Å²) in [7, 11) is 1.85. The van der Waals surface area contributed by atoms with Gasteiger partial charge in [-0.1, -0.05) is 0 Å². The van der Waals surface area contributed by atoms with Gasteiger partial charge in [0.05, 0.1) is 17.4 Å². The van der Waals surface area contributed by atoms with E-state index in [2.05, 4.69) is 25.2 Å². The molecule has 0 aliphatic carbocycles. The molecule has 116 valence electrons. The van der Waals surface area contributed by atoms with E-state index in [9.17, 15) is 4.39 Å². The Morgan fingerprint density at radius 1 is 1.41 bits per heavy atom. The van der Waals surface area contributed by atoms with Crippen molar-refractivity contribution in [3.8, 4) is 0 Å². The van der Waals surface area contributed by atoms with Crippen molar-refractivity contribution in [2.75, 3.05) is 18.9 Å². The van der Waals surface area contributed by atoms with E-state index in [1.165, 1.54) is 6.07 Å². The maximum atomic E-state index is 13.8. The van der Waals surface area contributed by atoms with Crippen LogP contribution in [0.1, 0.15) is 36.1 Å². The summed E-state index contributed by atoms with van der Waals surface area (Å²) >= 11 is 0. The third-order valence-corrected chi connectivity index (χ3v) is 4.01. The Hall–Kier alpha value is -2.08. The van der Waals surface area contributed by atoms with Crippen molar-refractivity contribution < 1.29 is 4.39 Å². The minimum atomic E-state index is -0.247. The van der Waals surface area contributed by atoms with E-state index in [4.69, 9.17) is 0 Å². The van der Waals surface area contributed by atoms with Gasteiger partial charge in [0.25, 0.3) is 0 Å². The lowest BCUT2D eigenvalue weighted by Crippen LogP contribution is -2.25. The van der Waals surface area contributed by atoms with Gasteiger partial charge in [-0.05, 0) is 38.4 Å². The number of nitrogens with one attached hydrogen (secondary N) is 1. The molecule has 1 N–H and O–H groups in total. The van der Waals surface area contributed by atoms with E-state index in [0.717, 1.165) is 36.7 Å². The number of hydrogen-bond acceptors (Lipinski definition) is 5. The van der Waals surface area contributed by atoms with E-state index in [-0.39, 0.29) is 11.9 Å². The molecule has 3 rings (SSSR count). The Labute approximate surface area is 129 Å². The minimum absolute atomic E-state index is 0.190. The highest BCUT2D eigenvalue weighted by atomic mass is 19.1. The summed E-state index contributed by atoms with van der Waals surface area (Å²) in [6, 6.07) is 5.24. The molecule has 0 spiro atoms. The first-order valence-corrected chi connectivity index (χ1v) is 7.54. The Bertz CT molecular complexity index is 661. The van der Waals surface area contributed by atoms with Crippen molar-refractivity contribution >= 4 is 5.82 Å². The highest BCUT2D eigenvalue weighted by Gasteiger charge is 2.28. The second kappa shape index (κ2) is 6.36. The summed E-state index contributed by atoms with van der Waals surface area (Å²) in [6.07, 6.45) is 3.74. The Morgan fingerprint density at radius 3 is 3.05 bits per heavy atom. The smallest absolute Gasteiger partial charge is 0.146 e. The lowest BCUT2D eigenvalue weighted by Gasteiger charge is -2.24. The molecule has 3 heterocycles. The van der Waals surface area contributed by atoms with Crippen LogP contribution in [0.4, 0.5) is 10.2 Å². The van der Waals surface area contributed by atoms with Crippen LogP contribution in [0.5, 0.6) is 0 Å². The fourth-order valence-corrected chi connectivity index (χ4v) is 2.97. The second-order valence-electron chi connectivity index (χ2n) is 5.54. The van der Waals surface area contributed by atoms with Crippen molar-refractivity contribution in [1.82, 2.24) is 19.9 Å². The van der Waals surface area contributed by atoms with E-state index >= 15 is 0 Å². The molecule has 22 heavy (non-hydrogen) atoms. The van der Waals surface area contributed by atoms with Crippen LogP contribution in [-0.2, 0) is 6.54 Å². The van der Waals surface area contributed by atoms with Crippen molar-refractivity contribution in [1.29, 1.82) is 0 Å². The number of nitrogens with zero attached hydrogens (tertiary/aromatic N) is 4. The first kappa shape index (κ1) is 14.8. The average Bonchev–Trinajstić information content (AvgIpc) is 2.97. The highest BCUT2D eigenvalue weighted by molar-refractivity contribution is 5.36. The van der Waals surface area contributed by atoms with Crippen LogP contribution >= 0.6 is 0 Å². The monoisotopic (exact) mass is 301 g/mol. The molecule has 1 saturated heterocycles. The normalized spacial score (nSPS) is 18.6. The van der Waals surface area contributed by atoms with E-state index in [1.54, 1.807) is 12.3 Å². The number of halogens is 1. The van der Waals surface area contributed by atoms with Gasteiger partial charge in [0.2, 0.25) is 0 Å². The Balaban J connectivity index is 1.84. The zero-order chi connectivity index (χ0) is 15.5. The molecule has 1 fully saturated rings. The maximum absolute atomic E-state index is 13.8. The molecular weight excluding hydrogens is 281 g/mol. The average molecular weight is 301 g/mol. The second-order valence-corrected chi connectivity index (χ2v) is 5.54. The largest absolute Gasteiger partial charge is 0.373 e. The zero-order valence-corrected chi connectivity index (χ0v) is 12.9. The SMILES string of the molecule is CNc1cc(C2CCCN2Cc2ncccc2F)nc(C)n1. The molecule has 5 nitrogen and oxygen atoms in total. The molecule has 1 aliphatic rings. The minimum Gasteiger partial charge on any atom is -0.373 e. The molecule has 0 aromatic carbocycles. The summed E-state index contributed by atoms with van der Waals surface area (Å²) in [4.78, 5) is 15.3. The fraction of sp³-hybridized carbons (Fsp3) is 0.438. The zero-order valence-electron chi connectivity index (χ0n) is 12.9. The van der Waals surface area contributed by atoms with Gasteiger partial charge in [0.15, 0.2) is 0 Å². The summed E-state index contributed by atoms with van der Waals surface area (Å²) in [5, 5.41) is 3.06. The third kappa shape index (κ3) is 3.06. The lowest BCUT2D eigenvalue weighted by atomic mass is 10.1. The fourth-order valence-electron chi connectivity index (χ4n) is 2.97. The van der Waals surface area contributed by atoms with Crippen molar-refractivity contribution in [3.05, 3.63) is 47.4 Å². The van der Waals surface area contributed by atoms with Crippen molar-refractivity contribution in [2.24, 2.45) is 0 Å². The lowest BCUT2D eigenvalue weighted by molar-refractivity contribution is 0.237. The summed E-state index contributed by atoms with van der Waals surface area (Å²) in [5.74, 6) is 1.32. The predicted octanol–water partition coefficient (Wildman–Crippen LogP) is 2.70. The number of aromatic nitrogens is 3. The van der Waals surface area contributed by atoms with E-state index in [1.807, 2.05) is 20.0 Å². The number of hydrogen-bond donors (Lipinski definition) is 1. The van der Waals surface area contributed by atoms with Gasteiger partial charge in [0.1, 0.15) is 17.5 Å². The van der Waals surface area contributed by atoms with Gasteiger partial charge in [-0.15, -0.1) is 0 Å². The molecule has 1 aliphatic heterocycles. The molecule has 0 radical (unpaired) electrons. The molecular formula is C16H20FN5. The molecule has 0 bridgehead atoms. The molecule has 2 aromatic rings. The van der Waals surface area contributed by atoms with Crippen molar-refractivity contribution in [2.45, 2.75) is 32.4 Å². The number of rotatable bonds is 4. The number of pyridine rings is 1. The third-order valence-electron chi connectivity index (χ3n) is 4.01. The molecule has 6 heteroatoms. The molecule has 0 saturated carbocycles. The Morgan fingerprint density at radius 2 is 2.27 bits per heavy atom. The quantitative estimate of drug-likeness (QED) is 0.941. The topological polar surface area (TPSA) is 53.9 Å². The van der Waals surface area contributed by atoms with Crippen molar-refractivity contribution in [3.63, 3.8) is 0 Å². The van der Waals surface area contributed by atoms with E-state index < -0.39 is 0 Å². The number of anilines is 1.